The fourth-order valence-corrected chi connectivity index (χ4v) is 3.76. The van der Waals surface area contributed by atoms with E-state index in [9.17, 15) is 0 Å². The Morgan fingerprint density at radius 1 is 0.944 bits per heavy atom. The molecule has 2 atom stereocenters. The van der Waals surface area contributed by atoms with Crippen molar-refractivity contribution in [2.45, 2.75) is 71.6 Å². The van der Waals surface area contributed by atoms with Crippen LogP contribution in [0.15, 0.2) is 23.8 Å². The van der Waals surface area contributed by atoms with E-state index >= 15 is 0 Å². The molecule has 0 aliphatic heterocycles. The third-order valence-corrected chi connectivity index (χ3v) is 4.88. The van der Waals surface area contributed by atoms with Crippen LogP contribution in [0.4, 0.5) is 0 Å². The van der Waals surface area contributed by atoms with Gasteiger partial charge in [0.25, 0.3) is 0 Å². The third-order valence-electron chi connectivity index (χ3n) is 4.88. The molecule has 2 rings (SSSR count). The molecule has 2 unspecified atom stereocenters. The number of rotatable bonds is 1. The second-order valence-corrected chi connectivity index (χ2v) is 6.56. The Hall–Kier alpha value is -0.520. The summed E-state index contributed by atoms with van der Waals surface area (Å²) in [6.45, 7) is 4.79. The van der Waals surface area contributed by atoms with Gasteiger partial charge in [-0.15, -0.1) is 0 Å². The van der Waals surface area contributed by atoms with E-state index in [1.54, 1.807) is 5.57 Å². The summed E-state index contributed by atoms with van der Waals surface area (Å²) in [5.41, 5.74) is 1.78. The minimum atomic E-state index is 0.822. The summed E-state index contributed by atoms with van der Waals surface area (Å²) in [7, 11) is 0. The van der Waals surface area contributed by atoms with Crippen molar-refractivity contribution in [3.8, 4) is 0 Å². The first-order valence-electron chi connectivity index (χ1n) is 8.15. The first-order chi connectivity index (χ1) is 8.79. The highest BCUT2D eigenvalue weighted by Gasteiger charge is 2.31. The molecule has 0 nitrogen and oxygen atoms in total. The van der Waals surface area contributed by atoms with Gasteiger partial charge in [0.05, 0.1) is 0 Å². The Bertz CT molecular complexity index is 295. The fraction of sp³-hybridized carbons (Fsp3) is 0.778. The van der Waals surface area contributed by atoms with Crippen LogP contribution in [0.3, 0.4) is 0 Å². The van der Waals surface area contributed by atoms with Crippen molar-refractivity contribution in [3.63, 3.8) is 0 Å². The van der Waals surface area contributed by atoms with Crippen LogP contribution in [-0.2, 0) is 0 Å². The smallest absolute Gasteiger partial charge is 0.0174 e. The Kier molecular flexibility index (Phi) is 5.53. The predicted octanol–water partition coefficient (Wildman–Crippen LogP) is 5.90. The lowest BCUT2D eigenvalue weighted by Gasteiger charge is -2.20. The molecule has 1 saturated carbocycles. The summed E-state index contributed by atoms with van der Waals surface area (Å²) < 4.78 is 0. The van der Waals surface area contributed by atoms with Crippen LogP contribution < -0.4 is 0 Å². The third kappa shape index (κ3) is 3.73. The van der Waals surface area contributed by atoms with Crippen molar-refractivity contribution >= 4 is 0 Å². The van der Waals surface area contributed by atoms with Gasteiger partial charge in [-0.1, -0.05) is 63.3 Å². The highest BCUT2D eigenvalue weighted by molar-refractivity contribution is 5.22. The molecule has 0 aromatic rings. The van der Waals surface area contributed by atoms with Gasteiger partial charge in [0, 0.05) is 0 Å². The van der Waals surface area contributed by atoms with E-state index in [4.69, 9.17) is 0 Å². The number of fused-ring (bicyclic) bond motifs is 1. The molecule has 0 aromatic carbocycles. The van der Waals surface area contributed by atoms with E-state index in [2.05, 4.69) is 32.1 Å². The summed E-state index contributed by atoms with van der Waals surface area (Å²) >= 11 is 0. The number of allylic oxidation sites excluding steroid dienone is 4. The zero-order chi connectivity index (χ0) is 12.8. The van der Waals surface area contributed by atoms with Gasteiger partial charge < -0.3 is 0 Å². The molecule has 0 bridgehead atoms. The van der Waals surface area contributed by atoms with Gasteiger partial charge in [0.1, 0.15) is 0 Å². The molecule has 0 radical (unpaired) electrons. The van der Waals surface area contributed by atoms with Gasteiger partial charge in [-0.25, -0.2) is 0 Å². The number of hydrogen-bond acceptors (Lipinski definition) is 0. The molecule has 0 saturated heterocycles. The maximum Gasteiger partial charge on any atom is -0.0174 e. The van der Waals surface area contributed by atoms with Crippen LogP contribution in [0, 0.1) is 17.8 Å². The molecule has 0 spiro atoms. The lowest BCUT2D eigenvalue weighted by molar-refractivity contribution is 0.451. The molecule has 0 amide bonds. The van der Waals surface area contributed by atoms with Crippen LogP contribution in [0.5, 0.6) is 0 Å². The van der Waals surface area contributed by atoms with Crippen molar-refractivity contribution in [3.05, 3.63) is 23.8 Å². The maximum absolute atomic E-state index is 2.48. The van der Waals surface area contributed by atoms with Gasteiger partial charge in [0.2, 0.25) is 0 Å². The standard InChI is InChI=1S/C18H30/c1-15(2)17-14-13-16-11-9-7-5-3-4-6-8-10-12-18(16)17/h8,10,12,15-17H,3-7,9,11,13-14H2,1-2H3. The van der Waals surface area contributed by atoms with E-state index in [0.29, 0.717) is 0 Å². The molecule has 2 aliphatic rings. The molecule has 0 heteroatoms. The zero-order valence-corrected chi connectivity index (χ0v) is 12.3. The van der Waals surface area contributed by atoms with Gasteiger partial charge in [0.15, 0.2) is 0 Å². The first kappa shape index (κ1) is 13.9. The molecule has 0 heterocycles. The first-order valence-corrected chi connectivity index (χ1v) is 8.15. The summed E-state index contributed by atoms with van der Waals surface area (Å²) in [4.78, 5) is 0. The molecule has 18 heavy (non-hydrogen) atoms. The van der Waals surface area contributed by atoms with Crippen molar-refractivity contribution in [2.24, 2.45) is 17.8 Å². The van der Waals surface area contributed by atoms with Crippen molar-refractivity contribution in [2.75, 3.05) is 0 Å². The van der Waals surface area contributed by atoms with E-state index in [-0.39, 0.29) is 0 Å². The average molecular weight is 246 g/mol. The zero-order valence-electron chi connectivity index (χ0n) is 12.3. The monoisotopic (exact) mass is 246 g/mol. The largest absolute Gasteiger partial charge is 0.0845 e. The Labute approximate surface area is 114 Å². The Morgan fingerprint density at radius 3 is 2.56 bits per heavy atom. The highest BCUT2D eigenvalue weighted by Crippen LogP contribution is 2.43. The van der Waals surface area contributed by atoms with E-state index in [1.807, 2.05) is 0 Å². The minimum absolute atomic E-state index is 0.822. The SMILES string of the molecule is CC(C)C1CCC2CCCCCCCC=CC=C21. The molecular weight excluding hydrogens is 216 g/mol. The van der Waals surface area contributed by atoms with Gasteiger partial charge in [-0.2, -0.15) is 0 Å². The molecule has 1 fully saturated rings. The molecule has 102 valence electrons. The topological polar surface area (TPSA) is 0 Å². The van der Waals surface area contributed by atoms with Crippen LogP contribution in [-0.4, -0.2) is 0 Å². The Morgan fingerprint density at radius 2 is 1.72 bits per heavy atom. The van der Waals surface area contributed by atoms with Crippen LogP contribution in [0.2, 0.25) is 0 Å². The lowest BCUT2D eigenvalue weighted by Crippen LogP contribution is -2.09. The molecule has 2 aliphatic carbocycles. The summed E-state index contributed by atoms with van der Waals surface area (Å²) in [6, 6.07) is 0. The second kappa shape index (κ2) is 7.16. The average Bonchev–Trinajstić information content (AvgIpc) is 2.72. The minimum Gasteiger partial charge on any atom is -0.0845 e. The molecule has 0 aromatic heterocycles. The van der Waals surface area contributed by atoms with Crippen LogP contribution >= 0.6 is 0 Å². The van der Waals surface area contributed by atoms with Crippen LogP contribution in [0.25, 0.3) is 0 Å². The van der Waals surface area contributed by atoms with Crippen molar-refractivity contribution in [1.82, 2.24) is 0 Å². The van der Waals surface area contributed by atoms with Crippen LogP contribution in [0.1, 0.15) is 71.6 Å². The van der Waals surface area contributed by atoms with Gasteiger partial charge >= 0.3 is 0 Å². The van der Waals surface area contributed by atoms with E-state index in [0.717, 1.165) is 17.8 Å². The maximum atomic E-state index is 2.48. The summed E-state index contributed by atoms with van der Waals surface area (Å²) in [6.07, 6.45) is 20.0. The molecular formula is C18H30. The summed E-state index contributed by atoms with van der Waals surface area (Å²) in [5.74, 6) is 2.59. The fourth-order valence-electron chi connectivity index (χ4n) is 3.76. The number of hydrogen-bond donors (Lipinski definition) is 0. The van der Waals surface area contributed by atoms with Gasteiger partial charge in [-0.05, 0) is 49.9 Å². The second-order valence-electron chi connectivity index (χ2n) is 6.56. The van der Waals surface area contributed by atoms with Gasteiger partial charge in [-0.3, -0.25) is 0 Å². The highest BCUT2D eigenvalue weighted by atomic mass is 14.4. The predicted molar refractivity (Wildman–Crippen MR) is 80.6 cm³/mol. The van der Waals surface area contributed by atoms with E-state index in [1.165, 1.54) is 57.8 Å². The van der Waals surface area contributed by atoms with E-state index < -0.39 is 0 Å². The normalized spacial score (nSPS) is 30.5. The lowest BCUT2D eigenvalue weighted by atomic mass is 9.86. The summed E-state index contributed by atoms with van der Waals surface area (Å²) in [5, 5.41) is 0. The van der Waals surface area contributed by atoms with Crippen molar-refractivity contribution in [1.29, 1.82) is 0 Å². The van der Waals surface area contributed by atoms with Crippen molar-refractivity contribution < 1.29 is 0 Å². The Balaban J connectivity index is 2.08. The quantitative estimate of drug-likeness (QED) is 0.540. The molecule has 0 N–H and O–H groups in total.